The summed E-state index contributed by atoms with van der Waals surface area (Å²) < 4.78 is 4.72. The van der Waals surface area contributed by atoms with Gasteiger partial charge in [0.2, 0.25) is 0 Å². The largest absolute Gasteiger partial charge is 0.435 e. The van der Waals surface area contributed by atoms with Crippen molar-refractivity contribution < 1.29 is 9.53 Å². The van der Waals surface area contributed by atoms with E-state index in [1.165, 1.54) is 77.4 Å². The Labute approximate surface area is 125 Å². The van der Waals surface area contributed by atoms with Crippen molar-refractivity contribution in [2.24, 2.45) is 0 Å². The number of ether oxygens (including phenoxy) is 1. The van der Waals surface area contributed by atoms with Crippen molar-refractivity contribution in [2.45, 2.75) is 84.5 Å². The lowest BCUT2D eigenvalue weighted by Crippen LogP contribution is -1.89. The van der Waals surface area contributed by atoms with E-state index in [-0.39, 0.29) is 5.97 Å². The molecule has 0 atom stereocenters. The van der Waals surface area contributed by atoms with E-state index in [9.17, 15) is 4.79 Å². The van der Waals surface area contributed by atoms with Crippen LogP contribution in [-0.2, 0) is 9.53 Å². The highest BCUT2D eigenvalue weighted by Gasteiger charge is 1.89. The van der Waals surface area contributed by atoms with Crippen molar-refractivity contribution in [1.82, 2.24) is 0 Å². The predicted molar refractivity (Wildman–Crippen MR) is 86.5 cm³/mol. The first-order chi connectivity index (χ1) is 9.77. The lowest BCUT2D eigenvalue weighted by molar-refractivity contribution is -0.135. The van der Waals surface area contributed by atoms with Crippen LogP contribution in [0.3, 0.4) is 0 Å². The van der Waals surface area contributed by atoms with Gasteiger partial charge in [0.25, 0.3) is 0 Å². The smallest absolute Gasteiger partial charge is 0.307 e. The standard InChI is InChI=1S/C18H32O2/c1-3-4-5-6-7-8-9-10-11-12-13-14-15-16-17-20-18(2)19/h8-9,16-17H,3-7,10-15H2,1-2H3/b9-8-,17-16+. The zero-order valence-corrected chi connectivity index (χ0v) is 13.4. The first-order valence-corrected chi connectivity index (χ1v) is 8.24. The Hall–Kier alpha value is -1.05. The van der Waals surface area contributed by atoms with E-state index in [4.69, 9.17) is 4.74 Å². The molecule has 0 amide bonds. The fraction of sp³-hybridized carbons (Fsp3) is 0.722. The minimum absolute atomic E-state index is 0.247. The first kappa shape index (κ1) is 18.9. The summed E-state index contributed by atoms with van der Waals surface area (Å²) in [6.45, 7) is 3.67. The Morgan fingerprint density at radius 2 is 1.30 bits per heavy atom. The molecule has 0 aromatic rings. The van der Waals surface area contributed by atoms with Gasteiger partial charge in [-0.05, 0) is 44.6 Å². The van der Waals surface area contributed by atoms with E-state index in [1.54, 1.807) is 0 Å². The molecule has 0 unspecified atom stereocenters. The molecule has 0 saturated heterocycles. The highest BCUT2D eigenvalue weighted by Crippen LogP contribution is 2.08. The Morgan fingerprint density at radius 3 is 1.80 bits per heavy atom. The van der Waals surface area contributed by atoms with Gasteiger partial charge in [-0.15, -0.1) is 0 Å². The Kier molecular flexibility index (Phi) is 15.2. The Morgan fingerprint density at radius 1 is 0.800 bits per heavy atom. The number of carbonyl (C=O) groups is 1. The molecule has 0 spiro atoms. The molecule has 0 saturated carbocycles. The van der Waals surface area contributed by atoms with Crippen molar-refractivity contribution >= 4 is 5.97 Å². The summed E-state index contributed by atoms with van der Waals surface area (Å²) in [5.74, 6) is -0.247. The normalized spacial score (nSPS) is 11.5. The second-order valence-corrected chi connectivity index (χ2v) is 5.29. The summed E-state index contributed by atoms with van der Waals surface area (Å²) in [7, 11) is 0. The molecular formula is C18H32O2. The third-order valence-electron chi connectivity index (χ3n) is 3.21. The Balaban J connectivity index is 3.14. The van der Waals surface area contributed by atoms with Crippen LogP contribution in [0.4, 0.5) is 0 Å². The minimum atomic E-state index is -0.247. The predicted octanol–water partition coefficient (Wildman–Crippen LogP) is 5.93. The molecule has 0 bridgehead atoms. The van der Waals surface area contributed by atoms with Crippen LogP contribution in [0.15, 0.2) is 24.5 Å². The van der Waals surface area contributed by atoms with Gasteiger partial charge in [-0.25, -0.2) is 0 Å². The minimum Gasteiger partial charge on any atom is -0.435 e. The molecule has 0 aliphatic carbocycles. The molecule has 0 aliphatic heterocycles. The van der Waals surface area contributed by atoms with Crippen LogP contribution in [0.1, 0.15) is 84.5 Å². The maximum Gasteiger partial charge on any atom is 0.307 e. The number of rotatable bonds is 13. The zero-order chi connectivity index (χ0) is 14.9. The van der Waals surface area contributed by atoms with Gasteiger partial charge in [-0.2, -0.15) is 0 Å². The van der Waals surface area contributed by atoms with Crippen LogP contribution in [0.2, 0.25) is 0 Å². The molecule has 0 heterocycles. The number of esters is 1. The van der Waals surface area contributed by atoms with Gasteiger partial charge in [-0.3, -0.25) is 4.79 Å². The molecule has 0 radical (unpaired) electrons. The van der Waals surface area contributed by atoms with Crippen LogP contribution < -0.4 is 0 Å². The fourth-order valence-electron chi connectivity index (χ4n) is 2.01. The van der Waals surface area contributed by atoms with E-state index in [2.05, 4.69) is 19.1 Å². The molecule has 0 aromatic carbocycles. The summed E-state index contributed by atoms with van der Waals surface area (Å²) in [6.07, 6.45) is 22.0. The number of hydrogen-bond donors (Lipinski definition) is 0. The first-order valence-electron chi connectivity index (χ1n) is 8.24. The van der Waals surface area contributed by atoms with E-state index < -0.39 is 0 Å². The average molecular weight is 280 g/mol. The van der Waals surface area contributed by atoms with Gasteiger partial charge in [-0.1, -0.05) is 51.2 Å². The molecule has 0 N–H and O–H groups in total. The second kappa shape index (κ2) is 16.0. The number of carbonyl (C=O) groups excluding carboxylic acids is 1. The molecule has 2 nitrogen and oxygen atoms in total. The molecule has 0 rings (SSSR count). The van der Waals surface area contributed by atoms with Crippen LogP contribution in [0.5, 0.6) is 0 Å². The maximum absolute atomic E-state index is 10.5. The van der Waals surface area contributed by atoms with Crippen LogP contribution in [0.25, 0.3) is 0 Å². The summed E-state index contributed by atoms with van der Waals surface area (Å²) in [5.41, 5.74) is 0. The highest BCUT2D eigenvalue weighted by molar-refractivity contribution is 5.66. The van der Waals surface area contributed by atoms with Gasteiger partial charge in [0.15, 0.2) is 0 Å². The molecule has 0 aliphatic rings. The lowest BCUT2D eigenvalue weighted by atomic mass is 10.1. The maximum atomic E-state index is 10.5. The quantitative estimate of drug-likeness (QED) is 0.181. The van der Waals surface area contributed by atoms with Gasteiger partial charge in [0.05, 0.1) is 6.26 Å². The van der Waals surface area contributed by atoms with E-state index in [0.29, 0.717) is 0 Å². The van der Waals surface area contributed by atoms with Crippen LogP contribution in [-0.4, -0.2) is 5.97 Å². The van der Waals surface area contributed by atoms with E-state index in [0.717, 1.165) is 6.42 Å². The van der Waals surface area contributed by atoms with Gasteiger partial charge in [0.1, 0.15) is 0 Å². The molecule has 0 aromatic heterocycles. The van der Waals surface area contributed by atoms with E-state index >= 15 is 0 Å². The highest BCUT2D eigenvalue weighted by atomic mass is 16.5. The molecule has 0 fully saturated rings. The lowest BCUT2D eigenvalue weighted by Gasteiger charge is -1.97. The molecule has 116 valence electrons. The average Bonchev–Trinajstić information content (AvgIpc) is 2.43. The van der Waals surface area contributed by atoms with Crippen molar-refractivity contribution in [3.8, 4) is 0 Å². The summed E-state index contributed by atoms with van der Waals surface area (Å²) in [4.78, 5) is 10.5. The van der Waals surface area contributed by atoms with Gasteiger partial charge >= 0.3 is 5.97 Å². The molecular weight excluding hydrogens is 248 g/mol. The summed E-state index contributed by atoms with van der Waals surface area (Å²) in [5, 5.41) is 0. The molecule has 2 heteroatoms. The number of hydrogen-bond acceptors (Lipinski definition) is 2. The van der Waals surface area contributed by atoms with Crippen molar-refractivity contribution in [1.29, 1.82) is 0 Å². The monoisotopic (exact) mass is 280 g/mol. The van der Waals surface area contributed by atoms with Crippen molar-refractivity contribution in [3.05, 3.63) is 24.5 Å². The summed E-state index contributed by atoms with van der Waals surface area (Å²) >= 11 is 0. The van der Waals surface area contributed by atoms with Crippen molar-refractivity contribution in [2.75, 3.05) is 0 Å². The van der Waals surface area contributed by atoms with Crippen LogP contribution >= 0.6 is 0 Å². The third kappa shape index (κ3) is 16.9. The Bertz CT molecular complexity index is 267. The SMILES string of the molecule is CCCCCC/C=C\CCCCCC/C=C/OC(C)=O. The zero-order valence-electron chi connectivity index (χ0n) is 13.4. The summed E-state index contributed by atoms with van der Waals surface area (Å²) in [6, 6.07) is 0. The van der Waals surface area contributed by atoms with Crippen LogP contribution in [0, 0.1) is 0 Å². The van der Waals surface area contributed by atoms with Crippen molar-refractivity contribution in [3.63, 3.8) is 0 Å². The van der Waals surface area contributed by atoms with Gasteiger partial charge in [0, 0.05) is 6.92 Å². The third-order valence-corrected chi connectivity index (χ3v) is 3.21. The van der Waals surface area contributed by atoms with E-state index in [1.807, 2.05) is 6.08 Å². The fourth-order valence-corrected chi connectivity index (χ4v) is 2.01. The topological polar surface area (TPSA) is 26.3 Å². The second-order valence-electron chi connectivity index (χ2n) is 5.29. The number of allylic oxidation sites excluding steroid dienone is 3. The number of unbranched alkanes of at least 4 members (excludes halogenated alkanes) is 9. The van der Waals surface area contributed by atoms with Gasteiger partial charge < -0.3 is 4.74 Å². The molecule has 20 heavy (non-hydrogen) atoms.